The number of hydrogen-bond donors (Lipinski definition) is 1. The van der Waals surface area contributed by atoms with Gasteiger partial charge in [0.1, 0.15) is 28.8 Å². The minimum atomic E-state index is -4.85. The fourth-order valence-corrected chi connectivity index (χ4v) is 3.65. The molecule has 0 saturated heterocycles. The summed E-state index contributed by atoms with van der Waals surface area (Å²) in [6.45, 7) is 0.809. The summed E-state index contributed by atoms with van der Waals surface area (Å²) in [5, 5.41) is 13.4. The molecular formula is C19H15F4NO5S. The lowest BCUT2D eigenvalue weighted by Gasteiger charge is -2.12. The predicted octanol–water partition coefficient (Wildman–Crippen LogP) is 4.25. The Morgan fingerprint density at radius 3 is 2.33 bits per heavy atom. The first-order chi connectivity index (χ1) is 13.9. The molecule has 0 unspecified atom stereocenters. The predicted molar refractivity (Wildman–Crippen MR) is 97.8 cm³/mol. The second kappa shape index (κ2) is 7.73. The van der Waals surface area contributed by atoms with Crippen LogP contribution in [0, 0.1) is 12.7 Å². The summed E-state index contributed by atoms with van der Waals surface area (Å²) >= 11 is 0. The summed E-state index contributed by atoms with van der Waals surface area (Å²) in [7, 11) is -3.79. The molecule has 3 rings (SSSR count). The van der Waals surface area contributed by atoms with Crippen LogP contribution in [0.15, 0.2) is 45.8 Å². The number of aromatic nitrogens is 1. The van der Waals surface area contributed by atoms with E-state index in [0.717, 1.165) is 24.5 Å². The van der Waals surface area contributed by atoms with Crippen LogP contribution >= 0.6 is 0 Å². The second-order valence-corrected chi connectivity index (χ2v) is 8.42. The van der Waals surface area contributed by atoms with Gasteiger partial charge in [-0.25, -0.2) is 12.8 Å². The largest absolute Gasteiger partial charge is 0.573 e. The van der Waals surface area contributed by atoms with Crippen LogP contribution in [-0.2, 0) is 16.4 Å². The molecular weight excluding hydrogens is 430 g/mol. The standard InChI is InChI=1S/C19H15F4NO5S/c1-10-7-12(3-5-14(10)28-19(21,22)23)18-17(15(9-25)29-24-18)11-4-6-16(13(20)8-11)30(2,26)27/h3-8,25H,9H2,1-2H3. The number of aliphatic hydroxyl groups excluding tert-OH is 1. The molecule has 6 nitrogen and oxygen atoms in total. The van der Waals surface area contributed by atoms with Gasteiger partial charge >= 0.3 is 6.36 Å². The van der Waals surface area contributed by atoms with Crippen molar-refractivity contribution in [1.82, 2.24) is 5.16 Å². The summed E-state index contributed by atoms with van der Waals surface area (Å²) in [6.07, 6.45) is -3.99. The van der Waals surface area contributed by atoms with Crippen molar-refractivity contribution in [3.8, 4) is 28.1 Å². The van der Waals surface area contributed by atoms with E-state index in [-0.39, 0.29) is 28.1 Å². The number of alkyl halides is 3. The van der Waals surface area contributed by atoms with Crippen LogP contribution in [-0.4, -0.2) is 31.3 Å². The number of halogens is 4. The SMILES string of the molecule is Cc1cc(-c2noc(CO)c2-c2ccc(S(C)(=O)=O)c(F)c2)ccc1OC(F)(F)F. The summed E-state index contributed by atoms with van der Waals surface area (Å²) in [6, 6.07) is 7.12. The zero-order valence-corrected chi connectivity index (χ0v) is 16.4. The normalized spacial score (nSPS) is 12.2. The molecule has 0 fully saturated rings. The highest BCUT2D eigenvalue weighted by Crippen LogP contribution is 2.38. The molecule has 0 spiro atoms. The van der Waals surface area contributed by atoms with Crippen molar-refractivity contribution in [2.24, 2.45) is 0 Å². The minimum Gasteiger partial charge on any atom is -0.406 e. The average molecular weight is 445 g/mol. The number of aliphatic hydroxyl groups is 1. The third-order valence-corrected chi connectivity index (χ3v) is 5.33. The van der Waals surface area contributed by atoms with Gasteiger partial charge in [-0.1, -0.05) is 11.2 Å². The van der Waals surface area contributed by atoms with Crippen molar-refractivity contribution in [2.45, 2.75) is 24.8 Å². The van der Waals surface area contributed by atoms with Crippen LogP contribution in [0.5, 0.6) is 5.75 Å². The van der Waals surface area contributed by atoms with Crippen molar-refractivity contribution < 1.29 is 40.3 Å². The van der Waals surface area contributed by atoms with Gasteiger partial charge < -0.3 is 14.4 Å². The van der Waals surface area contributed by atoms with Crippen LogP contribution in [0.4, 0.5) is 17.6 Å². The Kier molecular flexibility index (Phi) is 5.61. The van der Waals surface area contributed by atoms with E-state index in [1.165, 1.54) is 25.1 Å². The van der Waals surface area contributed by atoms with Gasteiger partial charge in [-0.2, -0.15) is 0 Å². The smallest absolute Gasteiger partial charge is 0.406 e. The molecule has 0 aliphatic heterocycles. The van der Waals surface area contributed by atoms with E-state index < -0.39 is 39.3 Å². The van der Waals surface area contributed by atoms with Gasteiger partial charge in [0.15, 0.2) is 15.6 Å². The molecule has 1 N–H and O–H groups in total. The van der Waals surface area contributed by atoms with Crippen LogP contribution in [0.2, 0.25) is 0 Å². The first-order valence-electron chi connectivity index (χ1n) is 8.37. The van der Waals surface area contributed by atoms with E-state index in [9.17, 15) is 31.1 Å². The maximum atomic E-state index is 14.4. The van der Waals surface area contributed by atoms with E-state index in [2.05, 4.69) is 9.89 Å². The molecule has 0 amide bonds. The third-order valence-electron chi connectivity index (χ3n) is 4.20. The fraction of sp³-hybridized carbons (Fsp3) is 0.211. The number of benzene rings is 2. The Balaban J connectivity index is 2.11. The molecule has 1 aromatic heterocycles. The Hall–Kier alpha value is -2.92. The summed E-state index contributed by atoms with van der Waals surface area (Å²) in [4.78, 5) is -0.501. The molecule has 0 aliphatic rings. The van der Waals surface area contributed by atoms with Gasteiger partial charge in [0, 0.05) is 11.8 Å². The highest BCUT2D eigenvalue weighted by molar-refractivity contribution is 7.90. The molecule has 0 aliphatic carbocycles. The van der Waals surface area contributed by atoms with Gasteiger partial charge in [0.05, 0.1) is 5.56 Å². The molecule has 3 aromatic rings. The quantitative estimate of drug-likeness (QED) is 0.591. The second-order valence-electron chi connectivity index (χ2n) is 6.43. The Morgan fingerprint density at radius 1 is 1.13 bits per heavy atom. The van der Waals surface area contributed by atoms with Crippen LogP contribution in [0.1, 0.15) is 11.3 Å². The molecule has 160 valence electrons. The van der Waals surface area contributed by atoms with Crippen molar-refractivity contribution in [3.05, 3.63) is 53.5 Å². The topological polar surface area (TPSA) is 89.6 Å². The van der Waals surface area contributed by atoms with Crippen molar-refractivity contribution >= 4 is 9.84 Å². The molecule has 2 aromatic carbocycles. The monoisotopic (exact) mass is 445 g/mol. The molecule has 0 atom stereocenters. The van der Waals surface area contributed by atoms with E-state index in [1.54, 1.807) is 0 Å². The number of hydrogen-bond acceptors (Lipinski definition) is 6. The number of ether oxygens (including phenoxy) is 1. The minimum absolute atomic E-state index is 0.0234. The summed E-state index contributed by atoms with van der Waals surface area (Å²) in [5.41, 5.74) is 0.969. The van der Waals surface area contributed by atoms with Crippen molar-refractivity contribution in [3.63, 3.8) is 0 Å². The molecule has 0 radical (unpaired) electrons. The lowest BCUT2D eigenvalue weighted by molar-refractivity contribution is -0.274. The number of nitrogens with zero attached hydrogens (tertiary/aromatic N) is 1. The molecule has 11 heteroatoms. The first kappa shape index (κ1) is 21.8. The number of sulfone groups is 1. The number of rotatable bonds is 5. The van der Waals surface area contributed by atoms with Crippen molar-refractivity contribution in [2.75, 3.05) is 6.26 Å². The van der Waals surface area contributed by atoms with Gasteiger partial charge in [0.2, 0.25) is 0 Å². The van der Waals surface area contributed by atoms with Gasteiger partial charge in [-0.15, -0.1) is 13.2 Å². The molecule has 0 saturated carbocycles. The zero-order chi connectivity index (χ0) is 22.3. The Morgan fingerprint density at radius 2 is 1.80 bits per heavy atom. The lowest BCUT2D eigenvalue weighted by atomic mass is 9.98. The van der Waals surface area contributed by atoms with Gasteiger partial charge in [-0.05, 0) is 48.4 Å². The summed E-state index contributed by atoms with van der Waals surface area (Å²) < 4.78 is 84.1. The van der Waals surface area contributed by atoms with Crippen LogP contribution < -0.4 is 4.74 Å². The average Bonchev–Trinajstić information content (AvgIpc) is 3.05. The van der Waals surface area contributed by atoms with Crippen molar-refractivity contribution in [1.29, 1.82) is 0 Å². The van der Waals surface area contributed by atoms with E-state index >= 15 is 0 Å². The molecule has 30 heavy (non-hydrogen) atoms. The fourth-order valence-electron chi connectivity index (χ4n) is 2.92. The van der Waals surface area contributed by atoms with Gasteiger partial charge in [0.25, 0.3) is 0 Å². The number of aryl methyl sites for hydroxylation is 1. The van der Waals surface area contributed by atoms with E-state index in [4.69, 9.17) is 4.52 Å². The summed E-state index contributed by atoms with van der Waals surface area (Å²) in [5.74, 6) is -1.43. The first-order valence-corrected chi connectivity index (χ1v) is 10.3. The highest BCUT2D eigenvalue weighted by Gasteiger charge is 2.32. The van der Waals surface area contributed by atoms with Crippen LogP contribution in [0.3, 0.4) is 0 Å². The van der Waals surface area contributed by atoms with E-state index in [0.29, 0.717) is 5.56 Å². The van der Waals surface area contributed by atoms with Gasteiger partial charge in [-0.3, -0.25) is 0 Å². The maximum Gasteiger partial charge on any atom is 0.573 e. The Labute approximate surface area is 168 Å². The molecule has 1 heterocycles. The maximum absolute atomic E-state index is 14.4. The lowest BCUT2D eigenvalue weighted by Crippen LogP contribution is -2.17. The van der Waals surface area contributed by atoms with Crippen LogP contribution in [0.25, 0.3) is 22.4 Å². The highest BCUT2D eigenvalue weighted by atomic mass is 32.2. The Bertz CT molecular complexity index is 1200. The molecule has 0 bridgehead atoms. The van der Waals surface area contributed by atoms with E-state index in [1.807, 2.05) is 0 Å². The zero-order valence-electron chi connectivity index (χ0n) is 15.6. The third kappa shape index (κ3) is 4.46.